The molecule has 32 heavy (non-hydrogen) atoms. The number of thiophene rings is 1. The maximum Gasteiger partial charge on any atom is 0.337 e. The molecular weight excluding hydrogens is 439 g/mol. The molecule has 0 bridgehead atoms. The lowest BCUT2D eigenvalue weighted by Gasteiger charge is -2.16. The van der Waals surface area contributed by atoms with E-state index in [1.54, 1.807) is 42.5 Å². The third-order valence-corrected chi connectivity index (χ3v) is 6.03. The molecule has 3 aromatic carbocycles. The first-order chi connectivity index (χ1) is 15.2. The van der Waals surface area contributed by atoms with Crippen LogP contribution in [0.4, 0.5) is 18.9 Å². The fraction of sp³-hybridized carbons (Fsp3) is 0.125. The lowest BCUT2D eigenvalue weighted by molar-refractivity contribution is 0.0178. The molecule has 4 rings (SSSR count). The van der Waals surface area contributed by atoms with Crippen LogP contribution in [0.5, 0.6) is 11.5 Å². The van der Waals surface area contributed by atoms with E-state index in [-0.39, 0.29) is 5.56 Å². The average molecular weight is 457 g/mol. The maximum atomic E-state index is 14.4. The highest BCUT2D eigenvalue weighted by molar-refractivity contribution is 7.22. The molecule has 0 aliphatic carbocycles. The van der Waals surface area contributed by atoms with Crippen LogP contribution in [-0.2, 0) is 10.7 Å². The number of benzene rings is 3. The molecule has 0 saturated carbocycles. The van der Waals surface area contributed by atoms with E-state index < -0.39 is 23.3 Å². The first-order valence-corrected chi connectivity index (χ1v) is 10.4. The van der Waals surface area contributed by atoms with Gasteiger partial charge in [0.2, 0.25) is 0 Å². The van der Waals surface area contributed by atoms with Crippen molar-refractivity contribution in [3.05, 3.63) is 77.6 Å². The Kier molecular flexibility index (Phi) is 5.56. The third-order valence-electron chi connectivity index (χ3n) is 4.86. The minimum absolute atomic E-state index is 0.144. The normalized spacial score (nSPS) is 11.5. The summed E-state index contributed by atoms with van der Waals surface area (Å²) in [6.45, 7) is 0.717. The number of hydrogen-bond acceptors (Lipinski definition) is 5. The molecule has 1 aromatic heterocycles. The smallest absolute Gasteiger partial charge is 0.337 e. The number of ether oxygens (including phenoxy) is 2. The average Bonchev–Trinajstić information content (AvgIpc) is 3.11. The minimum atomic E-state index is -3.29. The highest BCUT2D eigenvalue weighted by atomic mass is 32.1. The van der Waals surface area contributed by atoms with Crippen molar-refractivity contribution in [1.29, 1.82) is 0 Å². The van der Waals surface area contributed by atoms with E-state index in [0.717, 1.165) is 23.5 Å². The fourth-order valence-electron chi connectivity index (χ4n) is 3.33. The van der Waals surface area contributed by atoms with Gasteiger partial charge in [-0.3, -0.25) is 0 Å². The number of rotatable bonds is 5. The van der Waals surface area contributed by atoms with Crippen LogP contribution in [-0.4, -0.2) is 13.1 Å². The Hall–Kier alpha value is -3.52. The van der Waals surface area contributed by atoms with Crippen LogP contribution in [0.3, 0.4) is 0 Å². The second-order valence-corrected chi connectivity index (χ2v) is 8.26. The number of carbonyl (C=O) groups excluding carboxylic acids is 1. The highest BCUT2D eigenvalue weighted by Gasteiger charge is 2.31. The summed E-state index contributed by atoms with van der Waals surface area (Å²) in [5.74, 6) is -3.80. The number of nitrogens with two attached hydrogens (primary N) is 1. The molecule has 0 radical (unpaired) electrons. The van der Waals surface area contributed by atoms with Crippen molar-refractivity contribution in [2.75, 3.05) is 12.8 Å². The molecule has 0 atom stereocenters. The summed E-state index contributed by atoms with van der Waals surface area (Å²) in [5, 5.41) is 0.615. The monoisotopic (exact) mass is 457 g/mol. The number of hydrogen-bond donors (Lipinski definition) is 1. The van der Waals surface area contributed by atoms with Gasteiger partial charge in [0.1, 0.15) is 11.6 Å². The van der Waals surface area contributed by atoms with Crippen molar-refractivity contribution in [3.63, 3.8) is 0 Å². The number of fused-ring (bicyclic) bond motifs is 1. The molecule has 0 saturated heterocycles. The Morgan fingerprint density at radius 3 is 2.41 bits per heavy atom. The van der Waals surface area contributed by atoms with Crippen LogP contribution in [0, 0.1) is 5.82 Å². The first-order valence-electron chi connectivity index (χ1n) is 9.54. The van der Waals surface area contributed by atoms with Gasteiger partial charge in [0.15, 0.2) is 5.75 Å². The largest absolute Gasteiger partial charge is 0.465 e. The summed E-state index contributed by atoms with van der Waals surface area (Å²) in [6, 6.07) is 14.7. The Morgan fingerprint density at radius 1 is 1.03 bits per heavy atom. The topological polar surface area (TPSA) is 61.5 Å². The van der Waals surface area contributed by atoms with Gasteiger partial charge in [-0.1, -0.05) is 6.07 Å². The zero-order chi connectivity index (χ0) is 23.0. The van der Waals surface area contributed by atoms with Crippen molar-refractivity contribution in [2.24, 2.45) is 0 Å². The lowest BCUT2D eigenvalue weighted by Crippen LogP contribution is -2.09. The zero-order valence-corrected chi connectivity index (χ0v) is 17.9. The molecule has 1 heterocycles. The van der Waals surface area contributed by atoms with Crippen molar-refractivity contribution >= 4 is 33.1 Å². The molecule has 8 heteroatoms. The van der Waals surface area contributed by atoms with Crippen LogP contribution in [0.15, 0.2) is 60.7 Å². The molecule has 0 aliphatic heterocycles. The van der Waals surface area contributed by atoms with Crippen molar-refractivity contribution in [2.45, 2.75) is 12.8 Å². The predicted octanol–water partition coefficient (Wildman–Crippen LogP) is 6.98. The highest BCUT2D eigenvalue weighted by Crippen LogP contribution is 2.49. The van der Waals surface area contributed by atoms with E-state index in [0.29, 0.717) is 44.6 Å². The molecule has 0 spiro atoms. The summed E-state index contributed by atoms with van der Waals surface area (Å²) in [5.41, 5.74) is 6.28. The van der Waals surface area contributed by atoms with Crippen molar-refractivity contribution in [3.8, 4) is 21.9 Å². The van der Waals surface area contributed by atoms with E-state index in [9.17, 15) is 18.0 Å². The molecule has 2 N–H and O–H groups in total. The summed E-state index contributed by atoms with van der Waals surface area (Å²) in [7, 11) is 1.27. The van der Waals surface area contributed by atoms with Gasteiger partial charge in [-0.25, -0.2) is 18.0 Å². The van der Waals surface area contributed by atoms with Gasteiger partial charge in [0.25, 0.3) is 5.92 Å². The number of esters is 1. The maximum absolute atomic E-state index is 14.4. The summed E-state index contributed by atoms with van der Waals surface area (Å²) in [6.07, 6.45) is 0. The van der Waals surface area contributed by atoms with Crippen LogP contribution >= 0.6 is 11.3 Å². The predicted molar refractivity (Wildman–Crippen MR) is 119 cm³/mol. The van der Waals surface area contributed by atoms with Crippen LogP contribution in [0.2, 0.25) is 0 Å². The van der Waals surface area contributed by atoms with Gasteiger partial charge < -0.3 is 15.2 Å². The minimum Gasteiger partial charge on any atom is -0.465 e. The van der Waals surface area contributed by atoms with Gasteiger partial charge >= 0.3 is 5.97 Å². The lowest BCUT2D eigenvalue weighted by atomic mass is 10.00. The van der Waals surface area contributed by atoms with Crippen molar-refractivity contribution < 1.29 is 27.4 Å². The zero-order valence-electron chi connectivity index (χ0n) is 17.1. The molecule has 0 aliphatic rings. The molecule has 0 fully saturated rings. The molecule has 164 valence electrons. The number of methoxy groups -OCH3 is 1. The molecule has 0 amide bonds. The van der Waals surface area contributed by atoms with Gasteiger partial charge in [-0.05, 0) is 54.6 Å². The second-order valence-electron chi connectivity index (χ2n) is 7.21. The van der Waals surface area contributed by atoms with E-state index in [1.807, 2.05) is 0 Å². The summed E-state index contributed by atoms with van der Waals surface area (Å²) < 4.78 is 54.1. The van der Waals surface area contributed by atoms with Gasteiger partial charge in [-0.2, -0.15) is 0 Å². The van der Waals surface area contributed by atoms with Gasteiger partial charge in [0, 0.05) is 33.8 Å². The SMILES string of the molecule is COC(=O)c1ccc2c(Oc3ccc(N)cc3)c(-c3ccc(F)cc3C(C)(F)F)sc2c1. The molecular formula is C24H18F3NO3S. The van der Waals surface area contributed by atoms with Crippen LogP contribution in [0.25, 0.3) is 20.5 Å². The molecule has 4 nitrogen and oxygen atoms in total. The Morgan fingerprint density at radius 2 is 1.75 bits per heavy atom. The molecule has 0 unspecified atom stereocenters. The standard InChI is InChI=1S/C24H18F3NO3S/c1-24(26,27)19-12-14(25)4-10-17(19)22-21(31-16-7-5-15(28)6-8-16)18-9-3-13(23(29)30-2)11-20(18)32-22/h3-12H,28H2,1-2H3. The Bertz CT molecular complexity index is 1310. The Labute approximate surface area is 186 Å². The Balaban J connectivity index is 1.97. The third kappa shape index (κ3) is 4.13. The number of halogens is 3. The molecule has 4 aromatic rings. The number of alkyl halides is 2. The van der Waals surface area contributed by atoms with E-state index in [2.05, 4.69) is 0 Å². The summed E-state index contributed by atoms with van der Waals surface area (Å²) >= 11 is 1.16. The fourth-order valence-corrected chi connectivity index (χ4v) is 4.54. The quantitative estimate of drug-likeness (QED) is 0.259. The number of carbonyl (C=O) groups is 1. The van der Waals surface area contributed by atoms with Crippen LogP contribution < -0.4 is 10.5 Å². The van der Waals surface area contributed by atoms with Crippen molar-refractivity contribution in [1.82, 2.24) is 0 Å². The number of nitrogen functional groups attached to an aromatic ring is 1. The van der Waals surface area contributed by atoms with E-state index >= 15 is 0 Å². The van der Waals surface area contributed by atoms with Gasteiger partial charge in [-0.15, -0.1) is 11.3 Å². The van der Waals surface area contributed by atoms with E-state index in [4.69, 9.17) is 15.2 Å². The second kappa shape index (κ2) is 8.20. The first kappa shape index (κ1) is 21.7. The van der Waals surface area contributed by atoms with E-state index in [1.165, 1.54) is 13.2 Å². The number of anilines is 1. The summed E-state index contributed by atoms with van der Waals surface area (Å²) in [4.78, 5) is 12.3. The van der Waals surface area contributed by atoms with Crippen LogP contribution in [0.1, 0.15) is 22.8 Å². The van der Waals surface area contributed by atoms with Gasteiger partial charge in [0.05, 0.1) is 17.6 Å².